The van der Waals surface area contributed by atoms with Gasteiger partial charge in [0.25, 0.3) is 21.8 Å². The van der Waals surface area contributed by atoms with Crippen LogP contribution in [0.3, 0.4) is 0 Å². The number of rotatable bonds is 5. The van der Waals surface area contributed by atoms with Gasteiger partial charge in [-0.05, 0) is 48.5 Å². The van der Waals surface area contributed by atoms with E-state index in [1.54, 1.807) is 18.2 Å². The second-order valence-electron chi connectivity index (χ2n) is 6.37. The van der Waals surface area contributed by atoms with Gasteiger partial charge in [0.2, 0.25) is 0 Å². The number of carbonyl (C=O) groups is 2. The first-order valence-electron chi connectivity index (χ1n) is 8.90. The highest BCUT2D eigenvalue weighted by molar-refractivity contribution is 7.92. The molecule has 10 heteroatoms. The van der Waals surface area contributed by atoms with Gasteiger partial charge >= 0.3 is 0 Å². The third-order valence-corrected chi connectivity index (χ3v) is 6.35. The predicted molar refractivity (Wildman–Crippen MR) is 115 cm³/mol. The van der Waals surface area contributed by atoms with Gasteiger partial charge in [0.05, 0.1) is 16.1 Å². The van der Waals surface area contributed by atoms with Crippen LogP contribution in [-0.4, -0.2) is 27.3 Å². The van der Waals surface area contributed by atoms with Gasteiger partial charge in [-0.15, -0.1) is 0 Å². The molecule has 0 bridgehead atoms. The van der Waals surface area contributed by atoms with Gasteiger partial charge in [-0.3, -0.25) is 24.7 Å². The second kappa shape index (κ2) is 9.15. The van der Waals surface area contributed by atoms with Crippen LogP contribution >= 0.6 is 11.6 Å². The van der Waals surface area contributed by atoms with Gasteiger partial charge in [-0.2, -0.15) is 0 Å². The molecule has 0 aliphatic carbocycles. The summed E-state index contributed by atoms with van der Waals surface area (Å²) >= 11 is 5.93. The fourth-order valence-corrected chi connectivity index (χ4v) is 4.08. The van der Waals surface area contributed by atoms with Crippen molar-refractivity contribution in [1.29, 1.82) is 0 Å². The first-order chi connectivity index (χ1) is 14.7. The zero-order valence-corrected chi connectivity index (χ0v) is 17.7. The lowest BCUT2D eigenvalue weighted by Crippen LogP contribution is -2.42. The van der Waals surface area contributed by atoms with Crippen molar-refractivity contribution in [2.24, 2.45) is 0 Å². The van der Waals surface area contributed by atoms with Crippen molar-refractivity contribution in [2.75, 3.05) is 11.4 Å². The number of anilines is 1. The Morgan fingerprint density at radius 2 is 1.58 bits per heavy atom. The van der Waals surface area contributed by atoms with Crippen LogP contribution in [0.5, 0.6) is 0 Å². The first kappa shape index (κ1) is 22.3. The molecular weight excluding hydrogens is 445 g/mol. The van der Waals surface area contributed by atoms with E-state index in [0.29, 0.717) is 10.7 Å². The van der Waals surface area contributed by atoms with E-state index in [1.165, 1.54) is 55.6 Å². The number of nitrogens with zero attached hydrogens (tertiary/aromatic N) is 1. The zero-order valence-electron chi connectivity index (χ0n) is 16.2. The largest absolute Gasteiger partial charge is 0.272 e. The van der Waals surface area contributed by atoms with Gasteiger partial charge in [0.15, 0.2) is 0 Å². The van der Waals surface area contributed by atoms with E-state index in [1.807, 2.05) is 0 Å². The van der Waals surface area contributed by atoms with E-state index in [-0.39, 0.29) is 16.0 Å². The van der Waals surface area contributed by atoms with Crippen molar-refractivity contribution in [1.82, 2.24) is 10.9 Å². The number of halogens is 2. The molecule has 0 heterocycles. The highest BCUT2D eigenvalue weighted by Gasteiger charge is 2.23. The van der Waals surface area contributed by atoms with Gasteiger partial charge in [0.1, 0.15) is 5.82 Å². The molecule has 0 atom stereocenters. The summed E-state index contributed by atoms with van der Waals surface area (Å²) in [4.78, 5) is 24.3. The summed E-state index contributed by atoms with van der Waals surface area (Å²) in [5.74, 6) is -2.37. The molecule has 7 nitrogen and oxygen atoms in total. The van der Waals surface area contributed by atoms with Gasteiger partial charge < -0.3 is 0 Å². The zero-order chi connectivity index (χ0) is 22.6. The maximum absolute atomic E-state index is 13.7. The molecule has 3 rings (SSSR count). The minimum Gasteiger partial charge on any atom is -0.269 e. The molecule has 31 heavy (non-hydrogen) atoms. The molecule has 0 radical (unpaired) electrons. The average Bonchev–Trinajstić information content (AvgIpc) is 2.77. The predicted octanol–water partition coefficient (Wildman–Crippen LogP) is 3.38. The maximum atomic E-state index is 13.7. The Bertz CT molecular complexity index is 1250. The average molecular weight is 462 g/mol. The van der Waals surface area contributed by atoms with E-state index >= 15 is 0 Å². The highest BCUT2D eigenvalue weighted by atomic mass is 35.5. The minimum absolute atomic E-state index is 0.0191. The SMILES string of the molecule is CN(c1cccc(Cl)c1)S(=O)(=O)c1cccc(C(=O)NNC(=O)c2ccccc2F)c1. The number of carbonyl (C=O) groups excluding carboxylic acids is 2. The van der Waals surface area contributed by atoms with Crippen molar-refractivity contribution in [2.45, 2.75) is 4.90 Å². The Morgan fingerprint density at radius 3 is 2.29 bits per heavy atom. The molecule has 0 aromatic heterocycles. The Hall–Kier alpha value is -3.43. The second-order valence-corrected chi connectivity index (χ2v) is 8.77. The molecule has 0 saturated heterocycles. The molecule has 0 saturated carbocycles. The van der Waals surface area contributed by atoms with Crippen LogP contribution in [-0.2, 0) is 10.0 Å². The Labute approximate surface area is 183 Å². The molecule has 3 aromatic rings. The number of nitrogens with one attached hydrogen (secondary N) is 2. The van der Waals surface area contributed by atoms with Gasteiger partial charge in [-0.1, -0.05) is 35.9 Å². The van der Waals surface area contributed by atoms with Crippen molar-refractivity contribution in [3.05, 3.63) is 94.8 Å². The van der Waals surface area contributed by atoms with Crippen molar-refractivity contribution < 1.29 is 22.4 Å². The number of sulfonamides is 1. The van der Waals surface area contributed by atoms with Crippen LogP contribution in [0.4, 0.5) is 10.1 Å². The molecule has 0 fully saturated rings. The maximum Gasteiger partial charge on any atom is 0.272 e. The molecule has 0 unspecified atom stereocenters. The summed E-state index contributed by atoms with van der Waals surface area (Å²) in [7, 11) is -2.62. The summed E-state index contributed by atoms with van der Waals surface area (Å²) in [5, 5.41) is 0.373. The van der Waals surface area contributed by atoms with Crippen LogP contribution in [0.15, 0.2) is 77.7 Å². The third-order valence-electron chi connectivity index (χ3n) is 4.33. The summed E-state index contributed by atoms with van der Waals surface area (Å²) in [6.07, 6.45) is 0. The topological polar surface area (TPSA) is 95.6 Å². The molecular formula is C21H17ClFN3O4S. The lowest BCUT2D eigenvalue weighted by Gasteiger charge is -2.20. The summed E-state index contributed by atoms with van der Waals surface area (Å²) < 4.78 is 40.6. The monoisotopic (exact) mass is 461 g/mol. The van der Waals surface area contributed by atoms with E-state index in [4.69, 9.17) is 11.6 Å². The Morgan fingerprint density at radius 1 is 0.903 bits per heavy atom. The molecule has 2 amide bonds. The molecule has 0 aliphatic rings. The van der Waals surface area contributed by atoms with E-state index in [2.05, 4.69) is 10.9 Å². The van der Waals surface area contributed by atoms with Crippen LogP contribution in [0.25, 0.3) is 0 Å². The van der Waals surface area contributed by atoms with Crippen LogP contribution in [0.2, 0.25) is 5.02 Å². The van der Waals surface area contributed by atoms with Crippen molar-refractivity contribution in [3.63, 3.8) is 0 Å². The lowest BCUT2D eigenvalue weighted by atomic mass is 10.2. The normalized spacial score (nSPS) is 10.9. The number of amides is 2. The van der Waals surface area contributed by atoms with Crippen molar-refractivity contribution in [3.8, 4) is 0 Å². The summed E-state index contributed by atoms with van der Waals surface area (Å²) in [6, 6.07) is 16.9. The van der Waals surface area contributed by atoms with Crippen molar-refractivity contribution >= 4 is 39.1 Å². The van der Waals surface area contributed by atoms with E-state index in [9.17, 15) is 22.4 Å². The highest BCUT2D eigenvalue weighted by Crippen LogP contribution is 2.25. The van der Waals surface area contributed by atoms with Crippen LogP contribution in [0, 0.1) is 5.82 Å². The Balaban J connectivity index is 1.77. The lowest BCUT2D eigenvalue weighted by molar-refractivity contribution is 0.0844. The first-order valence-corrected chi connectivity index (χ1v) is 10.7. The molecule has 160 valence electrons. The molecule has 0 aliphatic heterocycles. The quantitative estimate of drug-likeness (QED) is 0.569. The fourth-order valence-electron chi connectivity index (χ4n) is 2.67. The Kier molecular flexibility index (Phi) is 6.57. The minimum atomic E-state index is -3.99. The molecule has 3 aromatic carbocycles. The van der Waals surface area contributed by atoms with Crippen LogP contribution in [0.1, 0.15) is 20.7 Å². The number of hydrazine groups is 1. The number of benzene rings is 3. The van der Waals surface area contributed by atoms with E-state index < -0.39 is 27.7 Å². The number of hydrogen-bond acceptors (Lipinski definition) is 4. The molecule has 2 N–H and O–H groups in total. The summed E-state index contributed by atoms with van der Waals surface area (Å²) in [6.45, 7) is 0. The fraction of sp³-hybridized carbons (Fsp3) is 0.0476. The van der Waals surface area contributed by atoms with E-state index in [0.717, 1.165) is 10.4 Å². The smallest absolute Gasteiger partial charge is 0.269 e. The molecule has 0 spiro atoms. The van der Waals surface area contributed by atoms with Crippen LogP contribution < -0.4 is 15.2 Å². The van der Waals surface area contributed by atoms with Gasteiger partial charge in [0, 0.05) is 17.6 Å². The third kappa shape index (κ3) is 5.01. The standard InChI is InChI=1S/C21H17ClFN3O4S/c1-26(16-8-5-7-15(22)13-16)31(29,30)17-9-4-6-14(12-17)20(27)24-25-21(28)18-10-2-3-11-19(18)23/h2-13H,1H3,(H,24,27)(H,25,28). The number of hydrogen-bond donors (Lipinski definition) is 2. The summed E-state index contributed by atoms with van der Waals surface area (Å²) in [5.41, 5.74) is 4.32. The van der Waals surface area contributed by atoms with Gasteiger partial charge in [-0.25, -0.2) is 12.8 Å².